The molecule has 2 N–H and O–H groups in total. The minimum atomic E-state index is 0.491. The third kappa shape index (κ3) is 2.07. The normalized spacial score (nSPS) is 38.4. The van der Waals surface area contributed by atoms with Gasteiger partial charge >= 0.3 is 0 Å². The van der Waals surface area contributed by atoms with Crippen LogP contribution in [-0.2, 0) is 6.54 Å². The van der Waals surface area contributed by atoms with Crippen LogP contribution < -0.4 is 10.6 Å². The highest BCUT2D eigenvalue weighted by molar-refractivity contribution is 5.36. The molecule has 0 aliphatic heterocycles. The Balaban J connectivity index is 1.50. The third-order valence-corrected chi connectivity index (χ3v) is 5.96. The lowest BCUT2D eigenvalue weighted by atomic mass is 9.49. The van der Waals surface area contributed by atoms with Crippen molar-refractivity contribution < 1.29 is 4.42 Å². The fourth-order valence-corrected chi connectivity index (χ4v) is 5.75. The van der Waals surface area contributed by atoms with E-state index in [0.29, 0.717) is 12.0 Å². The monoisotopic (exact) mass is 274 g/mol. The van der Waals surface area contributed by atoms with Crippen molar-refractivity contribution in [2.45, 2.75) is 45.1 Å². The molecule has 4 bridgehead atoms. The van der Waals surface area contributed by atoms with Crippen LogP contribution in [0.3, 0.4) is 0 Å². The number of furan rings is 1. The van der Waals surface area contributed by atoms with Gasteiger partial charge in [0.2, 0.25) is 0 Å². The molecule has 0 spiro atoms. The average molecular weight is 274 g/mol. The van der Waals surface area contributed by atoms with E-state index in [1.54, 1.807) is 0 Å². The molecule has 0 aromatic carbocycles. The predicted octanol–water partition coefficient (Wildman–Crippen LogP) is 3.39. The molecule has 0 radical (unpaired) electrons. The standard InChI is InChI=1S/C17H26N2O/c1-19(16-3-2-15(10-18)20-16)11-17-7-12-4-13(8-17)6-14(5-12)9-17/h2-3,12-14H,4-11,18H2,1H3. The van der Waals surface area contributed by atoms with Gasteiger partial charge in [-0.05, 0) is 67.8 Å². The van der Waals surface area contributed by atoms with E-state index < -0.39 is 0 Å². The summed E-state index contributed by atoms with van der Waals surface area (Å²) in [4.78, 5) is 2.33. The van der Waals surface area contributed by atoms with E-state index in [1.807, 2.05) is 6.07 Å². The molecular weight excluding hydrogens is 248 g/mol. The Hall–Kier alpha value is -0.960. The lowest BCUT2D eigenvalue weighted by Gasteiger charge is -2.57. The van der Waals surface area contributed by atoms with Crippen LogP contribution in [0.25, 0.3) is 0 Å². The topological polar surface area (TPSA) is 42.4 Å². The predicted molar refractivity (Wildman–Crippen MR) is 80.5 cm³/mol. The van der Waals surface area contributed by atoms with Gasteiger partial charge in [0.15, 0.2) is 5.88 Å². The summed E-state index contributed by atoms with van der Waals surface area (Å²) in [5.41, 5.74) is 6.21. The quantitative estimate of drug-likeness (QED) is 0.915. The van der Waals surface area contributed by atoms with Crippen LogP contribution in [0, 0.1) is 23.2 Å². The zero-order chi connectivity index (χ0) is 13.7. The molecule has 4 fully saturated rings. The van der Waals surface area contributed by atoms with Crippen LogP contribution in [0.4, 0.5) is 5.88 Å². The highest BCUT2D eigenvalue weighted by Gasteiger charge is 2.51. The van der Waals surface area contributed by atoms with Gasteiger partial charge in [0.1, 0.15) is 5.76 Å². The van der Waals surface area contributed by atoms with Gasteiger partial charge in [-0.25, -0.2) is 0 Å². The molecule has 110 valence electrons. The molecule has 20 heavy (non-hydrogen) atoms. The summed E-state index contributed by atoms with van der Waals surface area (Å²) in [7, 11) is 2.18. The van der Waals surface area contributed by atoms with Crippen LogP contribution in [0.1, 0.15) is 44.3 Å². The Kier molecular flexibility index (Phi) is 2.88. The maximum Gasteiger partial charge on any atom is 0.195 e. The lowest BCUT2D eigenvalue weighted by Crippen LogP contribution is -2.50. The Bertz CT molecular complexity index is 458. The molecule has 1 heterocycles. The molecule has 1 aromatic heterocycles. The number of anilines is 1. The fourth-order valence-electron chi connectivity index (χ4n) is 5.75. The van der Waals surface area contributed by atoms with Crippen molar-refractivity contribution >= 4 is 5.88 Å². The van der Waals surface area contributed by atoms with Crippen molar-refractivity contribution in [3.8, 4) is 0 Å². The summed E-state index contributed by atoms with van der Waals surface area (Å²) < 4.78 is 5.81. The fraction of sp³-hybridized carbons (Fsp3) is 0.765. The maximum absolute atomic E-state index is 5.81. The minimum absolute atomic E-state index is 0.491. The van der Waals surface area contributed by atoms with E-state index >= 15 is 0 Å². The molecule has 5 rings (SSSR count). The molecule has 3 nitrogen and oxygen atoms in total. The van der Waals surface area contributed by atoms with Crippen molar-refractivity contribution in [1.29, 1.82) is 0 Å². The molecule has 4 aliphatic carbocycles. The first kappa shape index (κ1) is 12.8. The van der Waals surface area contributed by atoms with E-state index in [2.05, 4.69) is 18.0 Å². The van der Waals surface area contributed by atoms with Gasteiger partial charge in [0.05, 0.1) is 6.54 Å². The Morgan fingerprint density at radius 1 is 1.15 bits per heavy atom. The van der Waals surface area contributed by atoms with Gasteiger partial charge in [-0.2, -0.15) is 0 Å². The second kappa shape index (κ2) is 4.52. The van der Waals surface area contributed by atoms with Crippen molar-refractivity contribution in [3.05, 3.63) is 17.9 Å². The van der Waals surface area contributed by atoms with E-state index in [4.69, 9.17) is 10.2 Å². The Morgan fingerprint density at radius 3 is 2.25 bits per heavy atom. The highest BCUT2D eigenvalue weighted by Crippen LogP contribution is 2.60. The van der Waals surface area contributed by atoms with Crippen molar-refractivity contribution in [2.75, 3.05) is 18.5 Å². The first-order valence-corrected chi connectivity index (χ1v) is 8.16. The van der Waals surface area contributed by atoms with Gasteiger partial charge < -0.3 is 15.1 Å². The number of hydrogen-bond acceptors (Lipinski definition) is 3. The largest absolute Gasteiger partial charge is 0.444 e. The van der Waals surface area contributed by atoms with Gasteiger partial charge in [0.25, 0.3) is 0 Å². The van der Waals surface area contributed by atoms with E-state index in [-0.39, 0.29) is 0 Å². The zero-order valence-electron chi connectivity index (χ0n) is 12.5. The molecule has 0 amide bonds. The molecular formula is C17H26N2O. The van der Waals surface area contributed by atoms with Gasteiger partial charge in [-0.15, -0.1) is 0 Å². The summed E-state index contributed by atoms with van der Waals surface area (Å²) in [6.07, 6.45) is 8.90. The molecule has 4 saturated carbocycles. The molecule has 0 saturated heterocycles. The number of nitrogens with two attached hydrogens (primary N) is 1. The first-order valence-electron chi connectivity index (χ1n) is 8.16. The summed E-state index contributed by atoms with van der Waals surface area (Å²) in [5, 5.41) is 0. The molecule has 0 atom stereocenters. The summed E-state index contributed by atoms with van der Waals surface area (Å²) in [5.74, 6) is 4.93. The molecule has 1 aromatic rings. The lowest BCUT2D eigenvalue weighted by molar-refractivity contribution is -0.0475. The van der Waals surface area contributed by atoms with Crippen LogP contribution in [0.5, 0.6) is 0 Å². The summed E-state index contributed by atoms with van der Waals surface area (Å²) in [6.45, 7) is 1.65. The summed E-state index contributed by atoms with van der Waals surface area (Å²) in [6, 6.07) is 4.08. The van der Waals surface area contributed by atoms with E-state index in [9.17, 15) is 0 Å². The maximum atomic E-state index is 5.81. The Morgan fingerprint density at radius 2 is 1.75 bits per heavy atom. The van der Waals surface area contributed by atoms with E-state index in [1.165, 1.54) is 38.5 Å². The zero-order valence-corrected chi connectivity index (χ0v) is 12.5. The minimum Gasteiger partial charge on any atom is -0.444 e. The third-order valence-electron chi connectivity index (χ3n) is 5.96. The second-order valence-electron chi connectivity index (χ2n) is 7.72. The summed E-state index contributed by atoms with van der Waals surface area (Å²) >= 11 is 0. The number of nitrogens with zero attached hydrogens (tertiary/aromatic N) is 1. The number of rotatable bonds is 4. The average Bonchev–Trinajstić information content (AvgIpc) is 2.85. The van der Waals surface area contributed by atoms with Crippen molar-refractivity contribution in [1.82, 2.24) is 0 Å². The highest BCUT2D eigenvalue weighted by atomic mass is 16.4. The van der Waals surface area contributed by atoms with Gasteiger partial charge in [-0.1, -0.05) is 0 Å². The van der Waals surface area contributed by atoms with Crippen LogP contribution >= 0.6 is 0 Å². The SMILES string of the molecule is CN(CC12CC3CC(CC(C3)C1)C2)c1ccc(CN)o1. The Labute approximate surface area is 121 Å². The van der Waals surface area contributed by atoms with Gasteiger partial charge in [-0.3, -0.25) is 0 Å². The first-order chi connectivity index (χ1) is 9.66. The molecule has 3 heteroatoms. The molecule has 0 unspecified atom stereocenters. The van der Waals surface area contributed by atoms with E-state index in [0.717, 1.165) is 35.9 Å². The van der Waals surface area contributed by atoms with Crippen LogP contribution in [0.2, 0.25) is 0 Å². The number of hydrogen-bond donors (Lipinski definition) is 1. The van der Waals surface area contributed by atoms with Gasteiger partial charge in [0, 0.05) is 19.7 Å². The second-order valence-corrected chi connectivity index (χ2v) is 7.72. The molecule has 4 aliphatic rings. The van der Waals surface area contributed by atoms with Crippen LogP contribution in [0.15, 0.2) is 16.5 Å². The van der Waals surface area contributed by atoms with Crippen molar-refractivity contribution in [2.24, 2.45) is 28.9 Å². The smallest absolute Gasteiger partial charge is 0.195 e. The van der Waals surface area contributed by atoms with Crippen LogP contribution in [-0.4, -0.2) is 13.6 Å². The van der Waals surface area contributed by atoms with Crippen molar-refractivity contribution in [3.63, 3.8) is 0 Å².